The van der Waals surface area contributed by atoms with E-state index >= 15 is 0 Å². The second-order valence-electron chi connectivity index (χ2n) is 31.7. The molecule has 2 fully saturated rings. The molecule has 0 aliphatic carbocycles. The summed E-state index contributed by atoms with van der Waals surface area (Å²) in [5.41, 5.74) is 11.6. The van der Waals surface area contributed by atoms with Gasteiger partial charge in [-0.1, -0.05) is 68.2 Å². The zero-order valence-corrected chi connectivity index (χ0v) is 71.7. The molecule has 2 saturated heterocycles. The fourth-order valence-corrected chi connectivity index (χ4v) is 13.2. The summed E-state index contributed by atoms with van der Waals surface area (Å²) in [6.07, 6.45) is -3.42. The number of rotatable bonds is 55. The van der Waals surface area contributed by atoms with Gasteiger partial charge < -0.3 is 152 Å². The van der Waals surface area contributed by atoms with Crippen LogP contribution in [-0.2, 0) is 102 Å². The average Bonchev–Trinajstić information content (AvgIpc) is 1.62. The number of carbonyl (C=O) groups excluding carboxylic acids is 16. The Hall–Kier alpha value is -11.7. The Morgan fingerprint density at radius 2 is 0.770 bits per heavy atom. The van der Waals surface area contributed by atoms with Gasteiger partial charge in [-0.3, -0.25) is 91.1 Å². The maximum absolute atomic E-state index is 14.6. The third-order valence-electron chi connectivity index (χ3n) is 20.8. The number of nitrogens with two attached hydrogens (primary N) is 2. The van der Waals surface area contributed by atoms with Gasteiger partial charge in [0.15, 0.2) is 0 Å². The molecule has 0 bridgehead atoms. The number of imidazole rings is 1. The van der Waals surface area contributed by atoms with Crippen LogP contribution in [0, 0.1) is 23.7 Å². The zero-order chi connectivity index (χ0) is 95.4. The molecule has 29 N–H and O–H groups in total. The minimum atomic E-state index is -2.05. The fraction of sp³-hybridized carbons (Fsp3) is 0.697. The number of aromatic amines is 1. The molecule has 0 unspecified atom stereocenters. The number of carboxylic acids is 4. The van der Waals surface area contributed by atoms with E-state index in [4.69, 9.17) is 11.5 Å². The largest absolute Gasteiger partial charge is 0.481 e. The van der Waals surface area contributed by atoms with Crippen molar-refractivity contribution >= 4 is 118 Å². The van der Waals surface area contributed by atoms with Crippen molar-refractivity contribution in [1.82, 2.24) is 94.2 Å². The smallest absolute Gasteiger partial charge is 0.326 e. The lowest BCUT2D eigenvalue weighted by molar-refractivity contribution is -0.147. The van der Waals surface area contributed by atoms with E-state index in [1.165, 1.54) is 54.1 Å². The highest BCUT2D eigenvalue weighted by atomic mass is 16.4. The molecular formula is C76H124N20O30. The molecule has 2 aliphatic heterocycles. The number of carbonyl (C=O) groups is 20. The van der Waals surface area contributed by atoms with Gasteiger partial charge in [0.05, 0.1) is 69.5 Å². The number of aliphatic hydroxyl groups excluding tert-OH is 6. The second kappa shape index (κ2) is 52.9. The van der Waals surface area contributed by atoms with Crippen molar-refractivity contribution in [3.63, 3.8) is 0 Å². The molecule has 3 rings (SSSR count). The van der Waals surface area contributed by atoms with Crippen molar-refractivity contribution in [1.29, 1.82) is 0 Å². The third kappa shape index (κ3) is 33.7. The summed E-state index contributed by atoms with van der Waals surface area (Å²) in [5, 5.41) is 133. The number of nitrogens with zero attached hydrogens (tertiary/aromatic N) is 3. The van der Waals surface area contributed by atoms with E-state index in [-0.39, 0.29) is 63.7 Å². The molecule has 20 atom stereocenters. The molecule has 0 aromatic carbocycles. The monoisotopic (exact) mass is 1800 g/mol. The molecule has 16 amide bonds. The summed E-state index contributed by atoms with van der Waals surface area (Å²) < 4.78 is 0. The van der Waals surface area contributed by atoms with E-state index in [1.54, 1.807) is 13.8 Å². The van der Waals surface area contributed by atoms with Crippen molar-refractivity contribution in [2.75, 3.05) is 46.1 Å². The predicted molar refractivity (Wildman–Crippen MR) is 434 cm³/mol. The first-order valence-electron chi connectivity index (χ1n) is 41.1. The first-order valence-corrected chi connectivity index (χ1v) is 41.1. The predicted octanol–water partition coefficient (Wildman–Crippen LogP) is -11.2. The molecule has 2 aliphatic rings. The lowest BCUT2D eigenvalue weighted by Crippen LogP contribution is -2.63. The molecule has 3 heterocycles. The van der Waals surface area contributed by atoms with Gasteiger partial charge in [-0.25, -0.2) is 9.78 Å². The number of aliphatic carboxylic acids is 4. The Morgan fingerprint density at radius 1 is 0.421 bits per heavy atom. The van der Waals surface area contributed by atoms with E-state index in [1.807, 2.05) is 0 Å². The lowest BCUT2D eigenvalue weighted by Gasteiger charge is -2.33. The highest BCUT2D eigenvalue weighted by molar-refractivity contribution is 6.02. The molecule has 0 spiro atoms. The van der Waals surface area contributed by atoms with Crippen LogP contribution in [0.25, 0.3) is 0 Å². The van der Waals surface area contributed by atoms with Gasteiger partial charge in [0.1, 0.15) is 96.7 Å². The summed E-state index contributed by atoms with van der Waals surface area (Å²) in [6.45, 7) is 9.51. The molecule has 50 heteroatoms. The molecule has 708 valence electrons. The highest BCUT2D eigenvalue weighted by Crippen LogP contribution is 2.24. The average molecular weight is 1800 g/mol. The lowest BCUT2D eigenvalue weighted by atomic mass is 9.97. The standard InChI is InChI=1S/C76H124N20O30/c1-11-36(8)57(71(120)83-42(24-39-27-79-32-80-39)62(111)84-44(76(125)126)26-53(107)108)92-66(115)48(31-100)88-69(118)50-18-15-23-96(50)74(123)55(34(4)5)90-63(112)43(25-52(105)106)82-68(117)49-17-14-22-95(49)75(124)56(35(6)7)91-73(122)59(38(10)102)94-70(119)54(33(2)3)89-65(114)47(30-99)87-64(113)45(28-97)86-61(110)41(19-20-51(103)104)81-72(121)58(37(9)101)93-67(116)46(29-98)85-60(109)40(78)16-12-13-21-77/h27,32-38,40-50,54-59,97-102H,11-26,28-31,77-78H2,1-10H3,(H,79,80)(H,81,121)(H,82,117)(H,83,120)(H,84,111)(H,85,109)(H,86,110)(H,87,113)(H,88,118)(H,89,114)(H,90,112)(H,91,122)(H,92,115)(H,93,116)(H,94,119)(H,103,104)(H,105,106)(H,107,108)(H,125,126)/t36-,37+,38+,40-,41-,42-,43-,44-,45-,46-,47-,48-,49-,50-,54-,55-,56-,57-,58-,59-/m0/s1. The van der Waals surface area contributed by atoms with E-state index in [2.05, 4.69) is 84.4 Å². The Kier molecular flexibility index (Phi) is 45.6. The van der Waals surface area contributed by atoms with Crippen LogP contribution < -0.4 is 85.9 Å². The van der Waals surface area contributed by atoms with Crippen molar-refractivity contribution < 1.29 is 147 Å². The number of carboxylic acid groups (broad SMARTS) is 4. The van der Waals surface area contributed by atoms with Crippen molar-refractivity contribution in [2.45, 2.75) is 268 Å². The fourth-order valence-electron chi connectivity index (χ4n) is 13.2. The molecular weight excluding hydrogens is 1670 g/mol. The van der Waals surface area contributed by atoms with Crippen LogP contribution in [0.15, 0.2) is 12.5 Å². The number of unbranched alkanes of at least 4 members (excludes halogenated alkanes) is 1. The van der Waals surface area contributed by atoms with Gasteiger partial charge in [-0.15, -0.1) is 0 Å². The van der Waals surface area contributed by atoms with Crippen LogP contribution in [0.1, 0.15) is 152 Å². The van der Waals surface area contributed by atoms with Crippen LogP contribution in [0.2, 0.25) is 0 Å². The first-order chi connectivity index (χ1) is 59.1. The third-order valence-corrected chi connectivity index (χ3v) is 20.8. The van der Waals surface area contributed by atoms with Crippen LogP contribution in [0.3, 0.4) is 0 Å². The topological polar surface area (TPSA) is 799 Å². The van der Waals surface area contributed by atoms with Crippen molar-refractivity contribution in [3.8, 4) is 0 Å². The quantitative estimate of drug-likeness (QED) is 0.0269. The van der Waals surface area contributed by atoms with Crippen LogP contribution in [-0.4, -0.2) is 350 Å². The van der Waals surface area contributed by atoms with E-state index in [0.717, 1.165) is 23.6 Å². The number of nitrogens with one attached hydrogen (secondary N) is 15. The van der Waals surface area contributed by atoms with Gasteiger partial charge in [0.2, 0.25) is 94.5 Å². The maximum atomic E-state index is 14.6. The summed E-state index contributed by atoms with van der Waals surface area (Å²) in [7, 11) is 0. The second-order valence-corrected chi connectivity index (χ2v) is 31.7. The molecule has 0 radical (unpaired) electrons. The SMILES string of the molecule is CC[C@H](C)[C@H](NC(=O)[C@H](CO)NC(=O)[C@@H]1CCCN1C(=O)[C@@H](NC(=O)[C@H](CC(=O)O)NC(=O)[C@@H]1CCCN1C(=O)[C@@H](NC(=O)[C@@H](NC(=O)[C@@H](NC(=O)[C@H](CO)NC(=O)[C@H](CO)NC(=O)[C@H](CCC(=O)O)NC(=O)[C@@H](NC(=O)[C@H](CO)NC(=O)[C@@H](N)CCCCN)[C@@H](C)O)C(C)C)[C@@H](C)O)C(C)C)C(C)C)C(=O)N[C@@H](Cc1c[nH]cn1)C(=O)N[C@@H](CC(=O)O)C(=O)O. The Labute approximate surface area is 724 Å². The first kappa shape index (κ1) is 108. The Balaban J connectivity index is 1.77. The van der Waals surface area contributed by atoms with Crippen molar-refractivity contribution in [3.05, 3.63) is 18.2 Å². The highest BCUT2D eigenvalue weighted by Gasteiger charge is 2.46. The number of H-pyrrole nitrogens is 1. The normalized spacial score (nSPS) is 18.1. The maximum Gasteiger partial charge on any atom is 0.326 e. The number of aromatic nitrogens is 2. The Morgan fingerprint density at radius 3 is 1.19 bits per heavy atom. The van der Waals surface area contributed by atoms with Gasteiger partial charge in [-0.05, 0) is 89.0 Å². The Bertz CT molecular complexity index is 3950. The molecule has 126 heavy (non-hydrogen) atoms. The van der Waals surface area contributed by atoms with Crippen molar-refractivity contribution in [2.24, 2.45) is 35.1 Å². The molecule has 1 aromatic heterocycles. The van der Waals surface area contributed by atoms with Crippen LogP contribution in [0.4, 0.5) is 0 Å². The van der Waals surface area contributed by atoms with Gasteiger partial charge in [0, 0.05) is 32.1 Å². The molecule has 0 saturated carbocycles. The summed E-state index contributed by atoms with van der Waals surface area (Å²) in [4.78, 5) is 279. The van der Waals surface area contributed by atoms with E-state index in [9.17, 15) is 147 Å². The van der Waals surface area contributed by atoms with Gasteiger partial charge in [0.25, 0.3) is 0 Å². The van der Waals surface area contributed by atoms with E-state index < -0.39 is 309 Å². The minimum absolute atomic E-state index is 0.0294. The number of likely N-dealkylation sites (tertiary alicyclic amines) is 2. The summed E-state index contributed by atoms with van der Waals surface area (Å²) >= 11 is 0. The summed E-state index contributed by atoms with van der Waals surface area (Å²) in [6, 6.07) is -29.1. The molecule has 50 nitrogen and oxygen atoms in total. The van der Waals surface area contributed by atoms with Gasteiger partial charge in [-0.2, -0.15) is 0 Å². The molecule has 1 aromatic rings. The number of aliphatic hydroxyl groups is 6. The van der Waals surface area contributed by atoms with Crippen LogP contribution >= 0.6 is 0 Å². The number of hydrogen-bond donors (Lipinski definition) is 27. The van der Waals surface area contributed by atoms with E-state index in [0.29, 0.717) is 19.4 Å². The number of amides is 16. The zero-order valence-electron chi connectivity index (χ0n) is 71.7. The number of hydrogen-bond acceptors (Lipinski definition) is 29. The summed E-state index contributed by atoms with van der Waals surface area (Å²) in [5.74, 6) is -27.8. The minimum Gasteiger partial charge on any atom is -0.481 e. The van der Waals surface area contributed by atoms with Crippen LogP contribution in [0.5, 0.6) is 0 Å². The van der Waals surface area contributed by atoms with Gasteiger partial charge >= 0.3 is 23.9 Å².